The van der Waals surface area contributed by atoms with Gasteiger partial charge in [0.25, 0.3) is 0 Å². The van der Waals surface area contributed by atoms with Gasteiger partial charge in [-0.15, -0.1) is 0 Å². The maximum Gasteiger partial charge on any atom is 0.178 e. The van der Waals surface area contributed by atoms with Crippen LogP contribution in [0.15, 0.2) is 91.0 Å². The van der Waals surface area contributed by atoms with Crippen LogP contribution < -0.4 is 29.4 Å². The first-order valence-electron chi connectivity index (χ1n) is 22.4. The maximum atomic E-state index is 4.90. The zero-order chi connectivity index (χ0) is 45.8. The fourth-order valence-electron chi connectivity index (χ4n) is 8.56. The molecule has 0 saturated heterocycles. The van der Waals surface area contributed by atoms with Gasteiger partial charge in [0.2, 0.25) is 0 Å². The van der Waals surface area contributed by atoms with E-state index in [1.807, 2.05) is 41.5 Å². The first-order chi connectivity index (χ1) is 31.8. The highest BCUT2D eigenvalue weighted by molar-refractivity contribution is 5.83. The predicted molar refractivity (Wildman–Crippen MR) is 273 cm³/mol. The van der Waals surface area contributed by atoms with E-state index in [1.54, 1.807) is 0 Å². The van der Waals surface area contributed by atoms with Crippen LogP contribution in [0.3, 0.4) is 0 Å². The first-order valence-corrected chi connectivity index (χ1v) is 22.4. The van der Waals surface area contributed by atoms with Crippen LogP contribution in [0, 0.1) is 41.5 Å². The molecule has 3 aliphatic heterocycles. The molecule has 0 amide bonds. The van der Waals surface area contributed by atoms with Gasteiger partial charge >= 0.3 is 0 Å². The summed E-state index contributed by atoms with van der Waals surface area (Å²) in [7, 11) is 6.19. The molecular formula is C54H54N12. The summed E-state index contributed by atoms with van der Waals surface area (Å²) in [5.41, 5.74) is 15.7. The molecule has 66 heavy (non-hydrogen) atoms. The Bertz CT molecular complexity index is 2740. The van der Waals surface area contributed by atoms with Crippen LogP contribution in [0.5, 0.6) is 0 Å². The number of nitrogens with zero attached hydrogens (tertiary/aromatic N) is 12. The third-order valence-electron chi connectivity index (χ3n) is 12.7. The third kappa shape index (κ3) is 8.10. The van der Waals surface area contributed by atoms with E-state index in [9.17, 15) is 0 Å². The summed E-state index contributed by atoms with van der Waals surface area (Å²) in [5.74, 6) is 5.44. The fraction of sp³-hybridized carbons (Fsp3) is 0.222. The molecule has 0 saturated carbocycles. The van der Waals surface area contributed by atoms with Crippen LogP contribution in [0.1, 0.15) is 67.5 Å². The molecule has 6 heterocycles. The van der Waals surface area contributed by atoms with E-state index in [0.29, 0.717) is 20.0 Å². The highest BCUT2D eigenvalue weighted by atomic mass is 15.4. The Hall–Kier alpha value is -7.86. The Morgan fingerprint density at radius 2 is 0.515 bits per heavy atom. The van der Waals surface area contributed by atoms with Crippen LogP contribution in [0.4, 0.5) is 52.0 Å². The molecule has 0 spiro atoms. The van der Waals surface area contributed by atoms with E-state index in [0.717, 1.165) is 120 Å². The second-order valence-corrected chi connectivity index (χ2v) is 17.6. The first kappa shape index (κ1) is 42.1. The van der Waals surface area contributed by atoms with Crippen molar-refractivity contribution in [2.45, 2.75) is 41.5 Å². The number of benzene rings is 4. The monoisotopic (exact) mass is 870 g/mol. The summed E-state index contributed by atoms with van der Waals surface area (Å²) >= 11 is 0. The molecule has 12 heteroatoms. The number of aryl methyl sites for hydroxylation is 6. The normalized spacial score (nSPS) is 14.5. The van der Waals surface area contributed by atoms with Crippen molar-refractivity contribution in [3.8, 4) is 0 Å². The van der Waals surface area contributed by atoms with Gasteiger partial charge in [0, 0.05) is 38.2 Å². The van der Waals surface area contributed by atoms with Gasteiger partial charge in [-0.1, -0.05) is 72.9 Å². The molecule has 0 radical (unpaired) electrons. The lowest BCUT2D eigenvalue weighted by atomic mass is 10.0. The number of anilines is 9. The molecule has 12 nitrogen and oxygen atoms in total. The smallest absolute Gasteiger partial charge is 0.178 e. The standard InChI is InChI=1S/C54H54N12/c1-34-37(4)58-52-49(55-34)61(7)31-64(52)46-22-16-40(17-23-46)10-13-43-28-44(14-11-41-18-24-47(25-19-41)65-32-62(8)50-53(65)59-38(5)35(2)56-50)30-45(29-43)15-12-42-20-26-48(27-21-42)66-33-63(9)51-54(66)60-39(6)36(3)57-51/h10-30H,31-33H2,1-9H3/b13-10-,14-11?,15-12?. The molecule has 0 bridgehead atoms. The Labute approximate surface area is 387 Å². The summed E-state index contributed by atoms with van der Waals surface area (Å²) in [6.45, 7) is 14.2. The third-order valence-corrected chi connectivity index (χ3v) is 12.7. The van der Waals surface area contributed by atoms with Gasteiger partial charge in [0.1, 0.15) is 0 Å². The minimum Gasteiger partial charge on any atom is -0.338 e. The lowest BCUT2D eigenvalue weighted by molar-refractivity contribution is 0.934. The van der Waals surface area contributed by atoms with Gasteiger partial charge in [-0.2, -0.15) is 0 Å². The van der Waals surface area contributed by atoms with Gasteiger partial charge in [-0.3, -0.25) is 0 Å². The van der Waals surface area contributed by atoms with Gasteiger partial charge in [-0.25, -0.2) is 29.9 Å². The molecule has 0 N–H and O–H groups in total. The number of aromatic nitrogens is 6. The quantitative estimate of drug-likeness (QED) is 0.129. The second-order valence-electron chi connectivity index (χ2n) is 17.6. The van der Waals surface area contributed by atoms with Crippen molar-refractivity contribution in [1.82, 2.24) is 29.9 Å². The van der Waals surface area contributed by atoms with E-state index in [4.69, 9.17) is 29.9 Å². The van der Waals surface area contributed by atoms with Crippen molar-refractivity contribution < 1.29 is 0 Å². The van der Waals surface area contributed by atoms with Crippen molar-refractivity contribution in [2.75, 3.05) is 70.5 Å². The summed E-state index contributed by atoms with van der Waals surface area (Å²) in [4.78, 5) is 42.2. The second kappa shape index (κ2) is 16.9. The molecule has 3 aliphatic rings. The van der Waals surface area contributed by atoms with Crippen LogP contribution in [-0.4, -0.2) is 71.1 Å². The highest BCUT2D eigenvalue weighted by Gasteiger charge is 2.31. The summed E-state index contributed by atoms with van der Waals surface area (Å²) in [5, 5.41) is 0. The van der Waals surface area contributed by atoms with E-state index >= 15 is 0 Å². The van der Waals surface area contributed by atoms with Crippen molar-refractivity contribution >= 4 is 88.4 Å². The lowest BCUT2D eigenvalue weighted by Crippen LogP contribution is -2.24. The Balaban J connectivity index is 0.905. The maximum absolute atomic E-state index is 4.90. The van der Waals surface area contributed by atoms with Gasteiger partial charge in [-0.05, 0) is 130 Å². The molecule has 0 unspecified atom stereocenters. The van der Waals surface area contributed by atoms with Gasteiger partial charge in [0.05, 0.1) is 54.2 Å². The van der Waals surface area contributed by atoms with Crippen LogP contribution >= 0.6 is 0 Å². The van der Waals surface area contributed by atoms with Gasteiger partial charge < -0.3 is 29.4 Å². The fourth-order valence-corrected chi connectivity index (χ4v) is 8.56. The summed E-state index contributed by atoms with van der Waals surface area (Å²) in [6.07, 6.45) is 13.1. The largest absolute Gasteiger partial charge is 0.338 e. The van der Waals surface area contributed by atoms with Crippen molar-refractivity contribution in [3.63, 3.8) is 0 Å². The average molecular weight is 871 g/mol. The lowest BCUT2D eigenvalue weighted by Gasteiger charge is -2.18. The highest BCUT2D eigenvalue weighted by Crippen LogP contribution is 2.40. The molecular weight excluding hydrogens is 817 g/mol. The SMILES string of the molecule is Cc1nc2c(nc1C)N(c1ccc(C=Cc3cc(C=Cc4ccc(N5CN(C)c6nc(C)c(C)nc65)cc4)cc(/C=C\c4ccc(N5CN(C)c6nc(C)c(C)nc65)cc4)c3)cc1)CN2C. The van der Waals surface area contributed by atoms with Crippen LogP contribution in [0.25, 0.3) is 36.5 Å². The minimum atomic E-state index is 0.705. The number of rotatable bonds is 9. The predicted octanol–water partition coefficient (Wildman–Crippen LogP) is 11.1. The number of hydrogen-bond donors (Lipinski definition) is 0. The zero-order valence-electron chi connectivity index (χ0n) is 39.1. The molecule has 4 aromatic carbocycles. The van der Waals surface area contributed by atoms with E-state index in [2.05, 4.69) is 178 Å². The topological polar surface area (TPSA) is 96.8 Å². The average Bonchev–Trinajstić information content (AvgIpc) is 3.93. The van der Waals surface area contributed by atoms with E-state index < -0.39 is 0 Å². The molecule has 0 atom stereocenters. The van der Waals surface area contributed by atoms with Gasteiger partial charge in [0.15, 0.2) is 34.9 Å². The summed E-state index contributed by atoms with van der Waals surface area (Å²) in [6, 6.07) is 32.7. The number of fused-ring (bicyclic) bond motifs is 3. The van der Waals surface area contributed by atoms with Crippen molar-refractivity contribution in [3.05, 3.63) is 159 Å². The summed E-state index contributed by atoms with van der Waals surface area (Å²) < 4.78 is 0. The van der Waals surface area contributed by atoms with Crippen molar-refractivity contribution in [1.29, 1.82) is 0 Å². The van der Waals surface area contributed by atoms with E-state index in [-0.39, 0.29) is 0 Å². The molecule has 330 valence electrons. The Morgan fingerprint density at radius 1 is 0.303 bits per heavy atom. The molecule has 0 fully saturated rings. The molecule has 10 rings (SSSR count). The van der Waals surface area contributed by atoms with Crippen LogP contribution in [0.2, 0.25) is 0 Å². The Morgan fingerprint density at radius 3 is 0.758 bits per heavy atom. The molecule has 0 aliphatic carbocycles. The van der Waals surface area contributed by atoms with Crippen LogP contribution in [-0.2, 0) is 0 Å². The molecule has 3 aromatic heterocycles. The number of hydrogen-bond acceptors (Lipinski definition) is 12. The zero-order valence-corrected chi connectivity index (χ0v) is 39.1. The Kier molecular flexibility index (Phi) is 10.8. The minimum absolute atomic E-state index is 0.705. The molecule has 7 aromatic rings. The van der Waals surface area contributed by atoms with E-state index in [1.165, 1.54) is 0 Å². The van der Waals surface area contributed by atoms with Crippen molar-refractivity contribution in [2.24, 2.45) is 0 Å².